The molecule has 1 aliphatic heterocycles. The fourth-order valence-corrected chi connectivity index (χ4v) is 2.67. The van der Waals surface area contributed by atoms with Gasteiger partial charge in [0.05, 0.1) is 12.2 Å². The third-order valence-corrected chi connectivity index (χ3v) is 3.79. The second kappa shape index (κ2) is 5.56. The maximum atomic E-state index is 11.4. The van der Waals surface area contributed by atoms with Crippen molar-refractivity contribution in [2.24, 2.45) is 0 Å². The van der Waals surface area contributed by atoms with Crippen LogP contribution in [0.15, 0.2) is 11.0 Å². The van der Waals surface area contributed by atoms with Gasteiger partial charge in [-0.05, 0) is 19.1 Å². The first kappa shape index (κ1) is 13.8. The summed E-state index contributed by atoms with van der Waals surface area (Å²) in [5.74, 6) is 0.588. The number of methoxy groups -OCH3 is 1. The Bertz CT molecular complexity index is 528. The highest BCUT2D eigenvalue weighted by atomic mass is 32.1. The van der Waals surface area contributed by atoms with E-state index < -0.39 is 0 Å². The van der Waals surface area contributed by atoms with Crippen molar-refractivity contribution in [2.45, 2.75) is 31.8 Å². The summed E-state index contributed by atoms with van der Waals surface area (Å²) < 4.78 is 13.3. The molecule has 1 N–H and O–H groups in total. The Balaban J connectivity index is 2.31. The number of ether oxygens (including phenoxy) is 2. The largest absolute Gasteiger partial charge is 0.379 e. The van der Waals surface area contributed by atoms with Crippen molar-refractivity contribution in [1.29, 1.82) is 0 Å². The maximum absolute atomic E-state index is 11.4. The molecule has 0 spiro atoms. The third kappa shape index (κ3) is 2.54. The topological polar surface area (TPSA) is 56.2 Å². The summed E-state index contributed by atoms with van der Waals surface area (Å²) in [5, 5.41) is 0. The molecule has 100 valence electrons. The van der Waals surface area contributed by atoms with Crippen LogP contribution in [0.3, 0.4) is 0 Å². The predicted molar refractivity (Wildman–Crippen MR) is 73.8 cm³/mol. The van der Waals surface area contributed by atoms with Crippen molar-refractivity contribution in [1.82, 2.24) is 9.55 Å². The number of aryl methyl sites for hydroxylation is 1. The lowest BCUT2D eigenvalue weighted by Gasteiger charge is -2.16. The van der Waals surface area contributed by atoms with E-state index in [4.69, 9.17) is 21.7 Å². The minimum Gasteiger partial charge on any atom is -0.379 e. The molecule has 1 fully saturated rings. The number of aromatic amines is 1. The first-order chi connectivity index (χ1) is 8.56. The van der Waals surface area contributed by atoms with Crippen LogP contribution >= 0.6 is 24.8 Å². The summed E-state index contributed by atoms with van der Waals surface area (Å²) in [6.07, 6.45) is 2.15. The van der Waals surface area contributed by atoms with Gasteiger partial charge in [0.25, 0.3) is 5.56 Å². The van der Waals surface area contributed by atoms with Crippen molar-refractivity contribution in [3.8, 4) is 0 Å². The Morgan fingerprint density at radius 3 is 3.00 bits per heavy atom. The average Bonchev–Trinajstić information content (AvgIpc) is 2.76. The van der Waals surface area contributed by atoms with E-state index in [0.29, 0.717) is 22.5 Å². The van der Waals surface area contributed by atoms with E-state index in [1.807, 2.05) is 0 Å². The van der Waals surface area contributed by atoms with Gasteiger partial charge in [-0.1, -0.05) is 0 Å². The first-order valence-corrected chi connectivity index (χ1v) is 6.72. The van der Waals surface area contributed by atoms with E-state index >= 15 is 0 Å². The molecule has 7 heteroatoms. The van der Waals surface area contributed by atoms with Crippen LogP contribution in [0.25, 0.3) is 0 Å². The number of aromatic nitrogens is 2. The zero-order valence-electron chi connectivity index (χ0n) is 10.3. The summed E-state index contributed by atoms with van der Waals surface area (Å²) in [4.78, 5) is 14.1. The van der Waals surface area contributed by atoms with Gasteiger partial charge in [0.15, 0.2) is 4.77 Å². The summed E-state index contributed by atoms with van der Waals surface area (Å²) in [5.41, 5.74) is 0.443. The van der Waals surface area contributed by atoms with Gasteiger partial charge in [-0.15, -0.1) is 0 Å². The molecule has 2 rings (SSSR count). The Labute approximate surface area is 116 Å². The van der Waals surface area contributed by atoms with E-state index in [1.54, 1.807) is 24.8 Å². The molecule has 0 bridgehead atoms. The highest BCUT2D eigenvalue weighted by Crippen LogP contribution is 2.30. The van der Waals surface area contributed by atoms with E-state index in [-0.39, 0.29) is 24.0 Å². The molecule has 5 nitrogen and oxygen atoms in total. The second-order valence-electron chi connectivity index (χ2n) is 4.30. The molecule has 18 heavy (non-hydrogen) atoms. The molecular weight excluding hydrogens is 272 g/mol. The quantitative estimate of drug-likeness (QED) is 0.653. The molecule has 0 radical (unpaired) electrons. The van der Waals surface area contributed by atoms with Crippen LogP contribution in [0.5, 0.6) is 0 Å². The molecular formula is C11H16N2O3S2. The van der Waals surface area contributed by atoms with Crippen molar-refractivity contribution < 1.29 is 9.47 Å². The highest BCUT2D eigenvalue weighted by Gasteiger charge is 2.35. The van der Waals surface area contributed by atoms with Gasteiger partial charge in [-0.2, -0.15) is 12.6 Å². The lowest BCUT2D eigenvalue weighted by atomic mass is 10.2. The number of hydrogen-bond acceptors (Lipinski definition) is 5. The average molecular weight is 288 g/mol. The van der Waals surface area contributed by atoms with Crippen molar-refractivity contribution >= 4 is 24.8 Å². The Kier molecular flexibility index (Phi) is 4.26. The molecule has 1 aromatic rings. The van der Waals surface area contributed by atoms with Crippen LogP contribution in [0.4, 0.5) is 0 Å². The number of rotatable bonds is 3. The molecule has 1 saturated heterocycles. The Morgan fingerprint density at radius 2 is 2.44 bits per heavy atom. The molecule has 0 aliphatic carbocycles. The fraction of sp³-hybridized carbons (Fsp3) is 0.636. The van der Waals surface area contributed by atoms with E-state index in [0.717, 1.165) is 0 Å². The van der Waals surface area contributed by atoms with E-state index in [2.05, 4.69) is 17.6 Å². The van der Waals surface area contributed by atoms with Crippen LogP contribution < -0.4 is 5.56 Å². The van der Waals surface area contributed by atoms with Crippen LogP contribution in [-0.2, 0) is 9.47 Å². The summed E-state index contributed by atoms with van der Waals surface area (Å²) >= 11 is 9.40. The van der Waals surface area contributed by atoms with Crippen molar-refractivity contribution in [3.63, 3.8) is 0 Å². The minimum atomic E-state index is -0.213. The zero-order chi connectivity index (χ0) is 13.3. The van der Waals surface area contributed by atoms with E-state index in [1.165, 1.54) is 0 Å². The third-order valence-electron chi connectivity index (χ3n) is 3.12. The second-order valence-corrected chi connectivity index (χ2v) is 5.05. The fourth-order valence-electron chi connectivity index (χ4n) is 2.08. The molecule has 0 aromatic carbocycles. The lowest BCUT2D eigenvalue weighted by Crippen LogP contribution is -2.24. The van der Waals surface area contributed by atoms with Crippen LogP contribution in [-0.4, -0.2) is 34.6 Å². The van der Waals surface area contributed by atoms with Gasteiger partial charge >= 0.3 is 0 Å². The van der Waals surface area contributed by atoms with Crippen LogP contribution in [0.2, 0.25) is 0 Å². The number of nitrogens with zero attached hydrogens (tertiary/aromatic N) is 1. The number of H-pyrrole nitrogens is 1. The molecule has 0 saturated carbocycles. The van der Waals surface area contributed by atoms with Crippen LogP contribution in [0, 0.1) is 11.7 Å². The minimum absolute atomic E-state index is 0.00151. The Morgan fingerprint density at radius 1 is 1.72 bits per heavy atom. The van der Waals surface area contributed by atoms with Gasteiger partial charge < -0.3 is 9.47 Å². The first-order valence-electron chi connectivity index (χ1n) is 5.68. The Hall–Kier alpha value is -0.630. The molecule has 1 unspecified atom stereocenters. The predicted octanol–water partition coefficient (Wildman–Crippen LogP) is 1.45. The maximum Gasteiger partial charge on any atom is 0.254 e. The summed E-state index contributed by atoms with van der Waals surface area (Å²) in [6.45, 7) is 1.74. The molecule has 2 heterocycles. The SMILES string of the molecule is CO[C@@H]1C[C@H](n2cc(C)c(=O)[nH]c2=S)OC1CS. The molecule has 1 aromatic heterocycles. The number of nitrogens with one attached hydrogen (secondary N) is 1. The van der Waals surface area contributed by atoms with Gasteiger partial charge in [0.1, 0.15) is 6.23 Å². The van der Waals surface area contributed by atoms with Crippen molar-refractivity contribution in [2.75, 3.05) is 12.9 Å². The smallest absolute Gasteiger partial charge is 0.254 e. The van der Waals surface area contributed by atoms with Gasteiger partial charge in [-0.25, -0.2) is 0 Å². The van der Waals surface area contributed by atoms with Gasteiger partial charge in [0.2, 0.25) is 0 Å². The van der Waals surface area contributed by atoms with E-state index in [9.17, 15) is 4.79 Å². The molecule has 1 aliphatic rings. The molecule has 3 atom stereocenters. The van der Waals surface area contributed by atoms with Gasteiger partial charge in [-0.3, -0.25) is 14.3 Å². The molecule has 0 amide bonds. The summed E-state index contributed by atoms with van der Waals surface area (Å²) in [6, 6.07) is 0. The normalized spacial score (nSPS) is 27.6. The van der Waals surface area contributed by atoms with Crippen LogP contribution in [0.1, 0.15) is 18.2 Å². The zero-order valence-corrected chi connectivity index (χ0v) is 12.0. The summed E-state index contributed by atoms with van der Waals surface area (Å²) in [7, 11) is 1.66. The van der Waals surface area contributed by atoms with Crippen molar-refractivity contribution in [3.05, 3.63) is 26.9 Å². The van der Waals surface area contributed by atoms with Gasteiger partial charge in [0, 0.05) is 31.0 Å². The monoisotopic (exact) mass is 288 g/mol. The standard InChI is InChI=1S/C11H16N2O3S2/c1-6-4-13(11(18)12-10(6)14)9-3-7(15-2)8(5-17)16-9/h4,7-9,17H,3,5H2,1-2H3,(H,12,14,18)/t7-,8?,9-/m1/s1. The number of hydrogen-bond donors (Lipinski definition) is 2. The highest BCUT2D eigenvalue weighted by molar-refractivity contribution is 7.80. The lowest BCUT2D eigenvalue weighted by molar-refractivity contribution is -0.0152. The number of thiol groups is 1.